The van der Waals surface area contributed by atoms with E-state index >= 15 is 0 Å². The maximum atomic E-state index is 13.3. The highest BCUT2D eigenvalue weighted by Crippen LogP contribution is 2.36. The zero-order chi connectivity index (χ0) is 24.9. The molecule has 180 valence electrons. The fraction of sp³-hybridized carbons (Fsp3) is 0.174. The average Bonchev–Trinajstić information content (AvgIpc) is 2.78. The van der Waals surface area contributed by atoms with Crippen molar-refractivity contribution < 1.29 is 41.3 Å². The number of sulfonamides is 1. The number of aromatic carboxylic acids is 1. The van der Waals surface area contributed by atoms with E-state index in [2.05, 4.69) is 4.72 Å². The van der Waals surface area contributed by atoms with E-state index in [1.165, 1.54) is 42.5 Å². The van der Waals surface area contributed by atoms with Crippen molar-refractivity contribution in [2.24, 2.45) is 0 Å². The van der Waals surface area contributed by atoms with E-state index in [9.17, 15) is 31.5 Å². The van der Waals surface area contributed by atoms with Crippen molar-refractivity contribution in [2.45, 2.75) is 24.1 Å². The molecule has 0 bridgehead atoms. The van der Waals surface area contributed by atoms with Crippen LogP contribution in [0.3, 0.4) is 0 Å². The van der Waals surface area contributed by atoms with Crippen LogP contribution in [0.5, 0.6) is 5.75 Å². The lowest BCUT2D eigenvalue weighted by Gasteiger charge is -2.17. The van der Waals surface area contributed by atoms with Gasteiger partial charge in [0.15, 0.2) is 0 Å². The number of aliphatic hydroxyl groups excluding tert-OH is 1. The summed E-state index contributed by atoms with van der Waals surface area (Å²) in [5, 5.41) is 18.2. The molecule has 0 aromatic heterocycles. The number of carboxylic acids is 1. The summed E-state index contributed by atoms with van der Waals surface area (Å²) in [7, 11) is -4.32. The topological polar surface area (TPSA) is 113 Å². The molecule has 34 heavy (non-hydrogen) atoms. The predicted octanol–water partition coefficient (Wildman–Crippen LogP) is 4.32. The van der Waals surface area contributed by atoms with E-state index < -0.39 is 33.4 Å². The Bertz CT molecular complexity index is 1270. The molecule has 3 aromatic rings. The molecule has 0 atom stereocenters. The Kier molecular flexibility index (Phi) is 7.48. The quantitative estimate of drug-likeness (QED) is 0.408. The monoisotopic (exact) mass is 495 g/mol. The van der Waals surface area contributed by atoms with Gasteiger partial charge in [-0.15, -0.1) is 0 Å². The first kappa shape index (κ1) is 25.1. The van der Waals surface area contributed by atoms with E-state index in [0.29, 0.717) is 17.2 Å². The molecule has 0 aliphatic carbocycles. The van der Waals surface area contributed by atoms with Crippen molar-refractivity contribution in [1.82, 2.24) is 0 Å². The number of anilines is 1. The Morgan fingerprint density at radius 2 is 1.68 bits per heavy atom. The third-order valence-electron chi connectivity index (χ3n) is 4.79. The Morgan fingerprint density at radius 1 is 1.00 bits per heavy atom. The highest BCUT2D eigenvalue weighted by Gasteiger charge is 2.32. The molecule has 0 saturated carbocycles. The number of alkyl halides is 3. The molecule has 0 aliphatic rings. The van der Waals surface area contributed by atoms with Crippen LogP contribution in [-0.4, -0.2) is 31.2 Å². The molecular weight excluding hydrogens is 475 g/mol. The van der Waals surface area contributed by atoms with Gasteiger partial charge in [-0.05, 0) is 53.9 Å². The number of carbonyl (C=O) groups is 1. The first-order valence-corrected chi connectivity index (χ1v) is 11.4. The van der Waals surface area contributed by atoms with Gasteiger partial charge in [-0.2, -0.15) is 13.2 Å². The molecule has 0 saturated heterocycles. The van der Waals surface area contributed by atoms with Crippen molar-refractivity contribution in [2.75, 3.05) is 11.3 Å². The van der Waals surface area contributed by atoms with Crippen LogP contribution in [0.2, 0.25) is 0 Å². The molecule has 0 fully saturated rings. The van der Waals surface area contributed by atoms with E-state index in [4.69, 9.17) is 9.84 Å². The molecule has 0 spiro atoms. The van der Waals surface area contributed by atoms with Gasteiger partial charge in [0.05, 0.1) is 21.7 Å². The van der Waals surface area contributed by atoms with Crippen molar-refractivity contribution in [3.05, 3.63) is 89.0 Å². The first-order valence-electron chi connectivity index (χ1n) is 9.89. The molecule has 11 heteroatoms. The van der Waals surface area contributed by atoms with Crippen LogP contribution in [0.15, 0.2) is 71.6 Å². The van der Waals surface area contributed by atoms with Crippen LogP contribution in [0, 0.1) is 0 Å². The van der Waals surface area contributed by atoms with Gasteiger partial charge in [-0.1, -0.05) is 30.3 Å². The minimum Gasteiger partial charge on any atom is -0.487 e. The summed E-state index contributed by atoms with van der Waals surface area (Å²) in [6.07, 6.45) is -4.68. The maximum absolute atomic E-state index is 13.3. The summed E-state index contributed by atoms with van der Waals surface area (Å²) < 4.78 is 73.6. The second kappa shape index (κ2) is 10.1. The second-order valence-corrected chi connectivity index (χ2v) is 8.84. The number of nitrogens with one attached hydrogen (secondary N) is 1. The molecule has 0 radical (unpaired) electrons. The largest absolute Gasteiger partial charge is 0.487 e. The first-order chi connectivity index (χ1) is 16.0. The lowest BCUT2D eigenvalue weighted by Crippen LogP contribution is -2.17. The molecule has 3 rings (SSSR count). The minimum absolute atomic E-state index is 0.0371. The normalized spacial score (nSPS) is 11.8. The van der Waals surface area contributed by atoms with Gasteiger partial charge >= 0.3 is 12.1 Å². The fourth-order valence-corrected chi connectivity index (χ4v) is 4.44. The van der Waals surface area contributed by atoms with Crippen LogP contribution < -0.4 is 9.46 Å². The third kappa shape index (κ3) is 6.06. The molecule has 7 nitrogen and oxygen atoms in total. The van der Waals surface area contributed by atoms with Gasteiger partial charge in [-0.25, -0.2) is 13.2 Å². The van der Waals surface area contributed by atoms with Crippen molar-refractivity contribution in [3.8, 4) is 5.75 Å². The number of halogens is 3. The van der Waals surface area contributed by atoms with Gasteiger partial charge in [0, 0.05) is 6.61 Å². The number of carboxylic acid groups (broad SMARTS) is 1. The zero-order valence-electron chi connectivity index (χ0n) is 17.5. The maximum Gasteiger partial charge on any atom is 0.416 e. The molecule has 3 N–H and O–H groups in total. The molecule has 3 aromatic carbocycles. The highest BCUT2D eigenvalue weighted by atomic mass is 32.2. The zero-order valence-corrected chi connectivity index (χ0v) is 18.4. The minimum atomic E-state index is -4.72. The number of hydrogen-bond acceptors (Lipinski definition) is 5. The Balaban J connectivity index is 1.93. The van der Waals surface area contributed by atoms with Crippen LogP contribution in [0.25, 0.3) is 0 Å². The summed E-state index contributed by atoms with van der Waals surface area (Å²) in [6.45, 7) is -0.466. The van der Waals surface area contributed by atoms with Crippen molar-refractivity contribution in [1.29, 1.82) is 0 Å². The Morgan fingerprint density at radius 3 is 2.29 bits per heavy atom. The van der Waals surface area contributed by atoms with Crippen LogP contribution in [0.1, 0.15) is 27.0 Å². The average molecular weight is 495 g/mol. The summed E-state index contributed by atoms with van der Waals surface area (Å²) in [5.41, 5.74) is -0.631. The lowest BCUT2D eigenvalue weighted by molar-refractivity contribution is -0.137. The standard InChI is InChI=1S/C23H20F3NO6S/c24-23(25,26)18-9-10-20(33-14-15-5-7-17(8-6-15)22(29)30)19(13-18)27-34(31,32)21-4-2-1-3-16(21)11-12-28/h1-10,13,27-28H,11-12,14H2,(H,29,30). The van der Waals surface area contributed by atoms with Gasteiger partial charge in [0.25, 0.3) is 10.0 Å². The molecule has 0 aliphatic heterocycles. The third-order valence-corrected chi connectivity index (χ3v) is 6.26. The fourth-order valence-electron chi connectivity index (χ4n) is 3.11. The van der Waals surface area contributed by atoms with E-state index in [1.54, 1.807) is 6.07 Å². The van der Waals surface area contributed by atoms with Gasteiger partial charge in [0.1, 0.15) is 12.4 Å². The van der Waals surface area contributed by atoms with Crippen molar-refractivity contribution in [3.63, 3.8) is 0 Å². The van der Waals surface area contributed by atoms with Crippen LogP contribution >= 0.6 is 0 Å². The van der Waals surface area contributed by atoms with E-state index in [-0.39, 0.29) is 35.8 Å². The summed E-state index contributed by atoms with van der Waals surface area (Å²) in [4.78, 5) is 10.8. The van der Waals surface area contributed by atoms with E-state index in [0.717, 1.165) is 12.1 Å². The van der Waals surface area contributed by atoms with Crippen LogP contribution in [-0.2, 0) is 29.2 Å². The van der Waals surface area contributed by atoms with Gasteiger partial charge in [0.2, 0.25) is 0 Å². The number of ether oxygens (including phenoxy) is 1. The summed E-state index contributed by atoms with van der Waals surface area (Å²) in [5.74, 6) is -1.27. The van der Waals surface area contributed by atoms with Gasteiger partial charge < -0.3 is 14.9 Å². The number of hydrogen-bond donors (Lipinski definition) is 3. The van der Waals surface area contributed by atoms with Crippen molar-refractivity contribution >= 4 is 21.7 Å². The van der Waals surface area contributed by atoms with Crippen LogP contribution in [0.4, 0.5) is 18.9 Å². The predicted molar refractivity (Wildman–Crippen MR) is 117 cm³/mol. The highest BCUT2D eigenvalue weighted by molar-refractivity contribution is 7.92. The summed E-state index contributed by atoms with van der Waals surface area (Å²) in [6, 6.07) is 13.9. The SMILES string of the molecule is O=C(O)c1ccc(COc2ccc(C(F)(F)F)cc2NS(=O)(=O)c2ccccc2CCO)cc1. The Hall–Kier alpha value is -3.57. The molecular formula is C23H20F3NO6S. The van der Waals surface area contributed by atoms with E-state index in [1.807, 2.05) is 0 Å². The molecule has 0 unspecified atom stereocenters. The van der Waals surface area contributed by atoms with Gasteiger partial charge in [-0.3, -0.25) is 4.72 Å². The Labute approximate surface area is 193 Å². The number of aliphatic hydroxyl groups is 1. The smallest absolute Gasteiger partial charge is 0.416 e. The molecule has 0 amide bonds. The lowest BCUT2D eigenvalue weighted by atomic mass is 10.1. The molecule has 0 heterocycles. The second-order valence-electron chi connectivity index (χ2n) is 7.19. The number of rotatable bonds is 9. The number of benzene rings is 3. The summed E-state index contributed by atoms with van der Waals surface area (Å²) >= 11 is 0.